The SMILES string of the molecule is CCCOc1nc(Cl)nc(N(C)CCOCCO)n1. The maximum atomic E-state index is 8.60. The average molecular weight is 291 g/mol. The van der Waals surface area contributed by atoms with Crippen LogP contribution in [-0.2, 0) is 4.74 Å². The Balaban J connectivity index is 2.57. The minimum absolute atomic E-state index is 0.0102. The summed E-state index contributed by atoms with van der Waals surface area (Å²) in [5, 5.41) is 8.69. The van der Waals surface area contributed by atoms with Gasteiger partial charge in [-0.3, -0.25) is 0 Å². The molecular weight excluding hydrogens is 272 g/mol. The molecule has 1 aromatic rings. The highest BCUT2D eigenvalue weighted by atomic mass is 35.5. The van der Waals surface area contributed by atoms with Gasteiger partial charge in [-0.05, 0) is 18.0 Å². The Morgan fingerprint density at radius 1 is 1.21 bits per heavy atom. The van der Waals surface area contributed by atoms with Crippen LogP contribution in [0.25, 0.3) is 0 Å². The standard InChI is InChI=1S/C11H19ClN4O3/c1-3-6-19-11-14-9(12)13-10(15-11)16(2)4-7-18-8-5-17/h17H,3-8H2,1-2H3. The number of nitrogens with zero attached hydrogens (tertiary/aromatic N) is 4. The second kappa shape index (κ2) is 8.84. The van der Waals surface area contributed by atoms with Crippen LogP contribution in [-0.4, -0.2) is 60.1 Å². The minimum Gasteiger partial charge on any atom is -0.463 e. The van der Waals surface area contributed by atoms with E-state index >= 15 is 0 Å². The van der Waals surface area contributed by atoms with Gasteiger partial charge < -0.3 is 19.5 Å². The Bertz CT molecular complexity index is 381. The normalized spacial score (nSPS) is 10.5. The van der Waals surface area contributed by atoms with Gasteiger partial charge in [0.25, 0.3) is 0 Å². The third-order valence-corrected chi connectivity index (χ3v) is 2.33. The van der Waals surface area contributed by atoms with Gasteiger partial charge >= 0.3 is 6.01 Å². The summed E-state index contributed by atoms with van der Waals surface area (Å²) in [4.78, 5) is 13.9. The molecule has 108 valence electrons. The first-order valence-electron chi connectivity index (χ1n) is 6.11. The van der Waals surface area contributed by atoms with E-state index in [9.17, 15) is 0 Å². The molecule has 0 aliphatic carbocycles. The fraction of sp³-hybridized carbons (Fsp3) is 0.727. The van der Waals surface area contributed by atoms with Crippen molar-refractivity contribution in [2.45, 2.75) is 13.3 Å². The molecule has 0 saturated carbocycles. The van der Waals surface area contributed by atoms with E-state index in [0.29, 0.717) is 32.3 Å². The summed E-state index contributed by atoms with van der Waals surface area (Å²) in [5.74, 6) is 0.429. The molecule has 0 unspecified atom stereocenters. The van der Waals surface area contributed by atoms with E-state index in [4.69, 9.17) is 26.2 Å². The molecule has 1 rings (SSSR count). The lowest BCUT2D eigenvalue weighted by atomic mass is 10.5. The molecule has 0 atom stereocenters. The molecule has 0 aliphatic heterocycles. The van der Waals surface area contributed by atoms with Crippen molar-refractivity contribution in [1.82, 2.24) is 15.0 Å². The molecule has 0 aliphatic rings. The van der Waals surface area contributed by atoms with Gasteiger partial charge in [-0.25, -0.2) is 0 Å². The summed E-state index contributed by atoms with van der Waals surface area (Å²) in [6.07, 6.45) is 0.865. The van der Waals surface area contributed by atoms with Crippen LogP contribution in [0.3, 0.4) is 0 Å². The highest BCUT2D eigenvalue weighted by Gasteiger charge is 2.10. The van der Waals surface area contributed by atoms with Crippen molar-refractivity contribution in [3.63, 3.8) is 0 Å². The molecule has 0 bridgehead atoms. The molecular formula is C11H19ClN4O3. The molecule has 0 saturated heterocycles. The van der Waals surface area contributed by atoms with Crippen molar-refractivity contribution in [3.05, 3.63) is 5.28 Å². The summed E-state index contributed by atoms with van der Waals surface area (Å²) in [5.41, 5.74) is 0. The monoisotopic (exact) mass is 290 g/mol. The summed E-state index contributed by atoms with van der Waals surface area (Å²) in [6.45, 7) is 3.89. The van der Waals surface area contributed by atoms with Gasteiger partial charge in [-0.15, -0.1) is 0 Å². The van der Waals surface area contributed by atoms with Crippen LogP contribution in [0, 0.1) is 0 Å². The molecule has 1 N–H and O–H groups in total. The number of halogens is 1. The van der Waals surface area contributed by atoms with Crippen LogP contribution in [0.2, 0.25) is 5.28 Å². The maximum absolute atomic E-state index is 8.60. The van der Waals surface area contributed by atoms with Gasteiger partial charge in [0.05, 0.1) is 26.4 Å². The topological polar surface area (TPSA) is 80.6 Å². The molecule has 0 radical (unpaired) electrons. The van der Waals surface area contributed by atoms with Gasteiger partial charge in [-0.2, -0.15) is 15.0 Å². The summed E-state index contributed by atoms with van der Waals surface area (Å²) >= 11 is 5.82. The Morgan fingerprint density at radius 3 is 2.68 bits per heavy atom. The Hall–Kier alpha value is -1.18. The van der Waals surface area contributed by atoms with Crippen LogP contribution >= 0.6 is 11.6 Å². The number of hydrogen-bond donors (Lipinski definition) is 1. The van der Waals surface area contributed by atoms with E-state index in [2.05, 4.69) is 15.0 Å². The minimum atomic E-state index is 0.0102. The predicted octanol–water partition coefficient (Wildman–Crippen LogP) is 0.759. The zero-order chi connectivity index (χ0) is 14.1. The number of ether oxygens (including phenoxy) is 2. The van der Waals surface area contributed by atoms with Crippen molar-refractivity contribution in [2.75, 3.05) is 44.9 Å². The highest BCUT2D eigenvalue weighted by Crippen LogP contribution is 2.14. The van der Waals surface area contributed by atoms with E-state index in [1.54, 1.807) is 4.90 Å². The lowest BCUT2D eigenvalue weighted by Crippen LogP contribution is -2.25. The van der Waals surface area contributed by atoms with Gasteiger partial charge in [0.1, 0.15) is 0 Å². The van der Waals surface area contributed by atoms with E-state index in [-0.39, 0.29) is 17.9 Å². The molecule has 8 heteroatoms. The van der Waals surface area contributed by atoms with Gasteiger partial charge in [0.15, 0.2) is 0 Å². The number of hydrogen-bond acceptors (Lipinski definition) is 7. The summed E-state index contributed by atoms with van der Waals surface area (Å²) in [6, 6.07) is 0.222. The fourth-order valence-electron chi connectivity index (χ4n) is 1.22. The molecule has 0 aromatic carbocycles. The first-order chi connectivity index (χ1) is 9.17. The van der Waals surface area contributed by atoms with Crippen molar-refractivity contribution in [2.24, 2.45) is 0 Å². The second-order valence-corrected chi connectivity index (χ2v) is 4.13. The Labute approximate surface area is 117 Å². The van der Waals surface area contributed by atoms with Gasteiger partial charge in [0, 0.05) is 13.6 Å². The Kier molecular flexibility index (Phi) is 7.39. The third kappa shape index (κ3) is 6.00. The number of aromatic nitrogens is 3. The first kappa shape index (κ1) is 15.9. The van der Waals surface area contributed by atoms with Crippen molar-refractivity contribution >= 4 is 17.5 Å². The quantitative estimate of drug-likeness (QED) is 0.672. The first-order valence-corrected chi connectivity index (χ1v) is 6.49. The largest absolute Gasteiger partial charge is 0.463 e. The van der Waals surface area contributed by atoms with Crippen LogP contribution < -0.4 is 9.64 Å². The van der Waals surface area contributed by atoms with Crippen molar-refractivity contribution in [3.8, 4) is 6.01 Å². The molecule has 1 aromatic heterocycles. The fourth-order valence-corrected chi connectivity index (χ4v) is 1.37. The molecule has 19 heavy (non-hydrogen) atoms. The zero-order valence-corrected chi connectivity index (χ0v) is 11.9. The van der Waals surface area contributed by atoms with Crippen molar-refractivity contribution in [1.29, 1.82) is 0 Å². The molecule has 0 amide bonds. The number of aliphatic hydroxyl groups excluding tert-OH is 1. The second-order valence-electron chi connectivity index (χ2n) is 3.79. The van der Waals surface area contributed by atoms with E-state index < -0.39 is 0 Å². The van der Waals surface area contributed by atoms with Crippen LogP contribution in [0.15, 0.2) is 0 Å². The van der Waals surface area contributed by atoms with E-state index in [1.807, 2.05) is 14.0 Å². The zero-order valence-electron chi connectivity index (χ0n) is 11.2. The summed E-state index contributed by atoms with van der Waals surface area (Å²) < 4.78 is 10.5. The highest BCUT2D eigenvalue weighted by molar-refractivity contribution is 6.28. The van der Waals surface area contributed by atoms with Crippen LogP contribution in [0.1, 0.15) is 13.3 Å². The van der Waals surface area contributed by atoms with Crippen LogP contribution in [0.4, 0.5) is 5.95 Å². The lowest BCUT2D eigenvalue weighted by Gasteiger charge is -2.17. The smallest absolute Gasteiger partial charge is 0.322 e. The molecule has 7 nitrogen and oxygen atoms in total. The average Bonchev–Trinajstić information content (AvgIpc) is 2.40. The Morgan fingerprint density at radius 2 is 2.00 bits per heavy atom. The van der Waals surface area contributed by atoms with E-state index in [0.717, 1.165) is 6.42 Å². The molecule has 1 heterocycles. The number of anilines is 1. The van der Waals surface area contributed by atoms with Crippen LogP contribution in [0.5, 0.6) is 6.01 Å². The van der Waals surface area contributed by atoms with Crippen molar-refractivity contribution < 1.29 is 14.6 Å². The number of aliphatic hydroxyl groups is 1. The van der Waals surface area contributed by atoms with E-state index in [1.165, 1.54) is 0 Å². The molecule has 0 fully saturated rings. The van der Waals surface area contributed by atoms with Gasteiger partial charge in [-0.1, -0.05) is 6.92 Å². The summed E-state index contributed by atoms with van der Waals surface area (Å²) in [7, 11) is 1.82. The van der Waals surface area contributed by atoms with Gasteiger partial charge in [0.2, 0.25) is 11.2 Å². The predicted molar refractivity (Wildman–Crippen MR) is 71.8 cm³/mol. The number of likely N-dealkylation sites (N-methyl/N-ethyl adjacent to an activating group) is 1. The maximum Gasteiger partial charge on any atom is 0.322 e. The molecule has 0 spiro atoms. The number of rotatable bonds is 9. The third-order valence-electron chi connectivity index (χ3n) is 2.16. The lowest BCUT2D eigenvalue weighted by molar-refractivity contribution is 0.0970.